The van der Waals surface area contributed by atoms with Crippen LogP contribution in [0.25, 0.3) is 0 Å². The molecule has 0 aromatic carbocycles. The average molecular weight is 393 g/mol. The fourth-order valence-corrected chi connectivity index (χ4v) is 3.94. The number of nitrogens with one attached hydrogen (secondary N) is 2. The number of halogens is 3. The van der Waals surface area contributed by atoms with Gasteiger partial charge in [-0.2, -0.15) is 23.3 Å². The highest BCUT2D eigenvalue weighted by molar-refractivity contribution is 5.80. The summed E-state index contributed by atoms with van der Waals surface area (Å²) >= 11 is 0. The van der Waals surface area contributed by atoms with Crippen molar-refractivity contribution in [1.29, 1.82) is 0 Å². The molecule has 0 aliphatic heterocycles. The highest BCUT2D eigenvalue weighted by Crippen LogP contribution is 2.45. The number of aromatic nitrogens is 4. The van der Waals surface area contributed by atoms with Crippen molar-refractivity contribution in [2.75, 3.05) is 10.6 Å². The van der Waals surface area contributed by atoms with Gasteiger partial charge in [0.2, 0.25) is 11.9 Å². The Balaban J connectivity index is 1.66. The molecule has 0 spiro atoms. The van der Waals surface area contributed by atoms with Gasteiger partial charge in [-0.3, -0.25) is 9.48 Å². The third-order valence-corrected chi connectivity index (χ3v) is 5.15. The van der Waals surface area contributed by atoms with Crippen LogP contribution in [0.5, 0.6) is 0 Å². The van der Waals surface area contributed by atoms with E-state index in [0.29, 0.717) is 12.1 Å². The van der Waals surface area contributed by atoms with Crippen LogP contribution in [0.3, 0.4) is 0 Å². The molecule has 0 radical (unpaired) electrons. The number of nitrogens with zero attached hydrogens (tertiary/aromatic N) is 4. The maximum absolute atomic E-state index is 13.5. The van der Waals surface area contributed by atoms with Crippen LogP contribution >= 0.6 is 0 Å². The first-order valence-electron chi connectivity index (χ1n) is 8.66. The van der Waals surface area contributed by atoms with Crippen LogP contribution in [-0.4, -0.2) is 31.7 Å². The lowest BCUT2D eigenvalue weighted by atomic mass is 9.88. The molecule has 4 atom stereocenters. The van der Waals surface area contributed by atoms with Crippen molar-refractivity contribution in [3.8, 4) is 0 Å². The van der Waals surface area contributed by atoms with Crippen molar-refractivity contribution in [3.05, 3.63) is 36.3 Å². The lowest BCUT2D eigenvalue weighted by Gasteiger charge is -2.28. The van der Waals surface area contributed by atoms with Gasteiger partial charge in [-0.05, 0) is 18.3 Å². The molecule has 1 saturated carbocycles. The van der Waals surface area contributed by atoms with Crippen molar-refractivity contribution >= 4 is 23.4 Å². The molecule has 2 aliphatic carbocycles. The van der Waals surface area contributed by atoms with E-state index in [0.717, 1.165) is 6.20 Å². The Hall–Kier alpha value is -3.11. The molecule has 4 N–H and O–H groups in total. The predicted molar refractivity (Wildman–Crippen MR) is 94.4 cm³/mol. The summed E-state index contributed by atoms with van der Waals surface area (Å²) in [4.78, 5) is 19.6. The van der Waals surface area contributed by atoms with Crippen LogP contribution in [0, 0.1) is 17.8 Å². The Labute approximate surface area is 158 Å². The first-order valence-corrected chi connectivity index (χ1v) is 8.66. The zero-order chi connectivity index (χ0) is 20.1. The predicted octanol–water partition coefficient (Wildman–Crippen LogP) is 2.06. The second-order valence-electron chi connectivity index (χ2n) is 7.03. The van der Waals surface area contributed by atoms with Gasteiger partial charge in [-0.25, -0.2) is 4.98 Å². The molecule has 4 rings (SSSR count). The SMILES string of the molecule is Cn1cc(Nc2ncc(C(F)(F)F)c(N[C@H]3[C@@H](C(N)=O)[C@@H]4C=C[C@@H]3C4)n2)cn1. The zero-order valence-corrected chi connectivity index (χ0v) is 14.8. The summed E-state index contributed by atoms with van der Waals surface area (Å²) in [6, 6.07) is -0.547. The fraction of sp³-hybridized carbons (Fsp3) is 0.412. The standard InChI is InChI=1S/C17H18F3N7O/c1-27-7-10(5-23-27)24-16-22-6-11(17(18,19)20)15(26-16)25-13-9-3-2-8(4-9)12(13)14(21)28/h2-3,5-9,12-13H,4H2,1H3,(H2,21,28)(H2,22,24,25,26)/t8-,9-,12+,13-/m1/s1. The van der Waals surface area contributed by atoms with Crippen LogP contribution in [0.1, 0.15) is 12.0 Å². The van der Waals surface area contributed by atoms with Gasteiger partial charge in [0.1, 0.15) is 11.4 Å². The lowest BCUT2D eigenvalue weighted by molar-refractivity contribution is -0.137. The van der Waals surface area contributed by atoms with Crippen LogP contribution < -0.4 is 16.4 Å². The smallest absolute Gasteiger partial charge is 0.369 e. The molecule has 2 bridgehead atoms. The molecule has 0 unspecified atom stereocenters. The normalized spacial score (nSPS) is 25.9. The number of aryl methyl sites for hydroxylation is 1. The first kappa shape index (κ1) is 18.3. The monoisotopic (exact) mass is 393 g/mol. The second kappa shape index (κ2) is 6.50. The summed E-state index contributed by atoms with van der Waals surface area (Å²) in [5, 5.41) is 9.62. The van der Waals surface area contributed by atoms with E-state index in [1.807, 2.05) is 12.2 Å². The number of nitrogens with two attached hydrogens (primary N) is 1. The van der Waals surface area contributed by atoms with Crippen LogP contribution in [0.2, 0.25) is 0 Å². The maximum atomic E-state index is 13.5. The summed E-state index contributed by atoms with van der Waals surface area (Å²) in [6.07, 6.45) is 3.69. The first-order chi connectivity index (χ1) is 13.2. The van der Waals surface area contributed by atoms with Crippen molar-refractivity contribution in [3.63, 3.8) is 0 Å². The highest BCUT2D eigenvalue weighted by Gasteiger charge is 2.48. The van der Waals surface area contributed by atoms with Gasteiger partial charge in [-0.15, -0.1) is 0 Å². The number of allylic oxidation sites excluding steroid dienone is 1. The second-order valence-corrected chi connectivity index (χ2v) is 7.03. The zero-order valence-electron chi connectivity index (χ0n) is 14.8. The molecular weight excluding hydrogens is 375 g/mol. The number of hydrogen-bond acceptors (Lipinski definition) is 6. The van der Waals surface area contributed by atoms with E-state index in [-0.39, 0.29) is 23.6 Å². The van der Waals surface area contributed by atoms with E-state index in [4.69, 9.17) is 5.73 Å². The fourth-order valence-electron chi connectivity index (χ4n) is 3.94. The van der Waals surface area contributed by atoms with Crippen molar-refractivity contribution < 1.29 is 18.0 Å². The molecule has 8 nitrogen and oxygen atoms in total. The molecule has 11 heteroatoms. The minimum atomic E-state index is -4.65. The number of alkyl halides is 3. The number of anilines is 3. The Morgan fingerprint density at radius 1 is 1.29 bits per heavy atom. The van der Waals surface area contributed by atoms with Crippen LogP contribution in [0.15, 0.2) is 30.7 Å². The third-order valence-electron chi connectivity index (χ3n) is 5.15. The summed E-state index contributed by atoms with van der Waals surface area (Å²) in [5.74, 6) is -1.66. The van der Waals surface area contributed by atoms with Crippen molar-refractivity contribution in [2.45, 2.75) is 18.6 Å². The van der Waals surface area contributed by atoms with Gasteiger partial charge in [0.25, 0.3) is 0 Å². The number of hydrogen-bond donors (Lipinski definition) is 3. The summed E-state index contributed by atoms with van der Waals surface area (Å²) in [6.45, 7) is 0. The summed E-state index contributed by atoms with van der Waals surface area (Å²) in [7, 11) is 1.71. The molecule has 2 aromatic heterocycles. The number of fused-ring (bicyclic) bond motifs is 2. The van der Waals surface area contributed by atoms with E-state index in [1.165, 1.54) is 10.9 Å². The van der Waals surface area contributed by atoms with E-state index in [9.17, 15) is 18.0 Å². The number of rotatable bonds is 5. The molecule has 2 heterocycles. The summed E-state index contributed by atoms with van der Waals surface area (Å²) in [5.41, 5.74) is 5.03. The molecule has 2 aromatic rings. The van der Waals surface area contributed by atoms with Gasteiger partial charge < -0.3 is 16.4 Å². The highest BCUT2D eigenvalue weighted by atomic mass is 19.4. The minimum Gasteiger partial charge on any atom is -0.369 e. The quantitative estimate of drug-likeness (QED) is 0.671. The van der Waals surface area contributed by atoms with E-state index in [2.05, 4.69) is 25.7 Å². The Morgan fingerprint density at radius 2 is 2.04 bits per heavy atom. The Bertz CT molecular complexity index is 939. The molecule has 148 valence electrons. The van der Waals surface area contributed by atoms with Crippen LogP contribution in [0.4, 0.5) is 30.6 Å². The molecule has 1 fully saturated rings. The van der Waals surface area contributed by atoms with Crippen LogP contribution in [-0.2, 0) is 18.0 Å². The Kier molecular flexibility index (Phi) is 4.24. The number of primary amides is 1. The topological polar surface area (TPSA) is 111 Å². The van der Waals surface area contributed by atoms with Gasteiger partial charge >= 0.3 is 6.18 Å². The lowest BCUT2D eigenvalue weighted by Crippen LogP contribution is -2.41. The molecular formula is C17H18F3N7O. The molecule has 1 amide bonds. The molecule has 2 aliphatic rings. The number of amides is 1. The summed E-state index contributed by atoms with van der Waals surface area (Å²) < 4.78 is 41.9. The third kappa shape index (κ3) is 3.27. The Morgan fingerprint density at radius 3 is 2.68 bits per heavy atom. The van der Waals surface area contributed by atoms with Gasteiger partial charge in [0.15, 0.2) is 0 Å². The number of carbonyl (C=O) groups is 1. The van der Waals surface area contributed by atoms with E-state index < -0.39 is 29.6 Å². The number of carbonyl (C=O) groups excluding carboxylic acids is 1. The molecule has 0 saturated heterocycles. The molecule has 28 heavy (non-hydrogen) atoms. The van der Waals surface area contributed by atoms with Crippen molar-refractivity contribution in [1.82, 2.24) is 19.7 Å². The largest absolute Gasteiger partial charge is 0.421 e. The van der Waals surface area contributed by atoms with Crippen molar-refractivity contribution in [2.24, 2.45) is 30.5 Å². The van der Waals surface area contributed by atoms with Gasteiger partial charge in [0.05, 0.1) is 17.8 Å². The van der Waals surface area contributed by atoms with Gasteiger partial charge in [-0.1, -0.05) is 12.2 Å². The maximum Gasteiger partial charge on any atom is 0.421 e. The van der Waals surface area contributed by atoms with E-state index in [1.54, 1.807) is 13.2 Å². The van der Waals surface area contributed by atoms with E-state index >= 15 is 0 Å². The minimum absolute atomic E-state index is 0.0159. The van der Waals surface area contributed by atoms with Gasteiger partial charge in [0, 0.05) is 25.5 Å². The average Bonchev–Trinajstić information content (AvgIpc) is 3.30.